The van der Waals surface area contributed by atoms with Crippen molar-refractivity contribution in [2.24, 2.45) is 10.9 Å². The van der Waals surface area contributed by atoms with E-state index < -0.39 is 11.6 Å². The highest BCUT2D eigenvalue weighted by Crippen LogP contribution is 2.26. The van der Waals surface area contributed by atoms with E-state index in [9.17, 15) is 13.6 Å². The number of carbonyl (C=O) groups is 1. The average molecular weight is 378 g/mol. The Labute approximate surface area is 159 Å². The van der Waals surface area contributed by atoms with E-state index >= 15 is 0 Å². The molecule has 2 aliphatic carbocycles. The van der Waals surface area contributed by atoms with Crippen molar-refractivity contribution in [3.05, 3.63) is 35.4 Å². The number of rotatable bonds is 6. The predicted molar refractivity (Wildman–Crippen MR) is 101 cm³/mol. The van der Waals surface area contributed by atoms with Gasteiger partial charge in [-0.15, -0.1) is 0 Å². The number of nitrogens with one attached hydrogen (secondary N) is 3. The first kappa shape index (κ1) is 19.6. The summed E-state index contributed by atoms with van der Waals surface area (Å²) in [6.07, 6.45) is 6.39. The number of carbonyl (C=O) groups excluding carboxylic acids is 1. The minimum atomic E-state index is -0.570. The second kappa shape index (κ2) is 9.15. The molecule has 27 heavy (non-hydrogen) atoms. The summed E-state index contributed by atoms with van der Waals surface area (Å²) in [4.78, 5) is 16.5. The predicted octanol–water partition coefficient (Wildman–Crippen LogP) is 2.51. The lowest BCUT2D eigenvalue weighted by Crippen LogP contribution is -2.47. The van der Waals surface area contributed by atoms with E-state index in [1.54, 1.807) is 7.05 Å². The molecule has 1 aromatic carbocycles. The summed E-state index contributed by atoms with van der Waals surface area (Å²) < 4.78 is 26.7. The standard InChI is InChI=1S/C20H28F2N4O/c1-23-20(24-10-9-13-5-6-15(21)12-18(13)22)26-17-4-2-3-14(11-17)19(27)25-16-7-8-16/h5-6,12,14,16-17H,2-4,7-11H2,1H3,(H,25,27)(H2,23,24,26). The van der Waals surface area contributed by atoms with Crippen molar-refractivity contribution in [2.45, 2.75) is 57.0 Å². The molecule has 1 aromatic rings. The molecule has 0 heterocycles. The average Bonchev–Trinajstić information content (AvgIpc) is 3.47. The second-order valence-corrected chi connectivity index (χ2v) is 7.47. The van der Waals surface area contributed by atoms with Gasteiger partial charge in [0.05, 0.1) is 0 Å². The van der Waals surface area contributed by atoms with Gasteiger partial charge in [0.15, 0.2) is 5.96 Å². The molecule has 0 aromatic heterocycles. The Kier molecular flexibility index (Phi) is 6.63. The fourth-order valence-corrected chi connectivity index (χ4v) is 3.53. The van der Waals surface area contributed by atoms with Crippen LogP contribution < -0.4 is 16.0 Å². The quantitative estimate of drug-likeness (QED) is 0.526. The Morgan fingerprint density at radius 2 is 1.96 bits per heavy atom. The van der Waals surface area contributed by atoms with Gasteiger partial charge in [0, 0.05) is 37.7 Å². The third-order valence-corrected chi connectivity index (χ3v) is 5.24. The van der Waals surface area contributed by atoms with Gasteiger partial charge in [-0.05, 0) is 50.2 Å². The Hall–Kier alpha value is -2.18. The van der Waals surface area contributed by atoms with Crippen LogP contribution in [0.5, 0.6) is 0 Å². The third kappa shape index (κ3) is 5.91. The Morgan fingerprint density at radius 3 is 2.67 bits per heavy atom. The molecule has 148 valence electrons. The highest BCUT2D eigenvalue weighted by Gasteiger charge is 2.31. The van der Waals surface area contributed by atoms with Crippen molar-refractivity contribution in [1.29, 1.82) is 0 Å². The number of aliphatic imine (C=N–C) groups is 1. The van der Waals surface area contributed by atoms with E-state index in [2.05, 4.69) is 20.9 Å². The van der Waals surface area contributed by atoms with Crippen LogP contribution in [-0.4, -0.2) is 37.5 Å². The molecule has 2 fully saturated rings. The fourth-order valence-electron chi connectivity index (χ4n) is 3.53. The van der Waals surface area contributed by atoms with E-state index in [0.717, 1.165) is 44.6 Å². The Bertz CT molecular complexity index is 691. The third-order valence-electron chi connectivity index (χ3n) is 5.24. The molecule has 0 aliphatic heterocycles. The number of halogens is 2. The zero-order valence-corrected chi connectivity index (χ0v) is 15.7. The number of hydrogen-bond donors (Lipinski definition) is 3. The van der Waals surface area contributed by atoms with Gasteiger partial charge in [-0.25, -0.2) is 8.78 Å². The van der Waals surface area contributed by atoms with E-state index in [-0.39, 0.29) is 17.9 Å². The van der Waals surface area contributed by atoms with Crippen molar-refractivity contribution in [3.8, 4) is 0 Å². The van der Waals surface area contributed by atoms with Crippen LogP contribution in [0.3, 0.4) is 0 Å². The van der Waals surface area contributed by atoms with Crippen molar-refractivity contribution < 1.29 is 13.6 Å². The van der Waals surface area contributed by atoms with E-state index in [1.165, 1.54) is 12.1 Å². The minimum Gasteiger partial charge on any atom is -0.356 e. The second-order valence-electron chi connectivity index (χ2n) is 7.47. The molecule has 2 unspecified atom stereocenters. The minimum absolute atomic E-state index is 0.0586. The van der Waals surface area contributed by atoms with Crippen LogP contribution in [-0.2, 0) is 11.2 Å². The molecule has 0 radical (unpaired) electrons. The van der Waals surface area contributed by atoms with Crippen LogP contribution in [0, 0.1) is 17.6 Å². The van der Waals surface area contributed by atoms with Crippen LogP contribution in [0.15, 0.2) is 23.2 Å². The molecule has 0 saturated heterocycles. The number of benzene rings is 1. The van der Waals surface area contributed by atoms with Crippen molar-refractivity contribution in [2.75, 3.05) is 13.6 Å². The monoisotopic (exact) mass is 378 g/mol. The lowest BCUT2D eigenvalue weighted by molar-refractivity contribution is -0.126. The summed E-state index contributed by atoms with van der Waals surface area (Å²) >= 11 is 0. The van der Waals surface area contributed by atoms with Gasteiger partial charge in [0.25, 0.3) is 0 Å². The summed E-state index contributed by atoms with van der Waals surface area (Å²) in [6, 6.07) is 4.22. The van der Waals surface area contributed by atoms with Crippen LogP contribution in [0.25, 0.3) is 0 Å². The maximum atomic E-state index is 13.7. The van der Waals surface area contributed by atoms with Crippen LogP contribution in [0.1, 0.15) is 44.1 Å². The van der Waals surface area contributed by atoms with Gasteiger partial charge in [0.1, 0.15) is 11.6 Å². The zero-order valence-electron chi connectivity index (χ0n) is 15.7. The summed E-state index contributed by atoms with van der Waals surface area (Å²) in [5.41, 5.74) is 0.467. The number of hydrogen-bond acceptors (Lipinski definition) is 2. The van der Waals surface area contributed by atoms with Gasteiger partial charge < -0.3 is 16.0 Å². The lowest BCUT2D eigenvalue weighted by Gasteiger charge is -2.30. The van der Waals surface area contributed by atoms with E-state index in [4.69, 9.17) is 0 Å². The van der Waals surface area contributed by atoms with E-state index in [0.29, 0.717) is 30.5 Å². The first-order chi connectivity index (χ1) is 13.0. The molecule has 0 spiro atoms. The Balaban J connectivity index is 1.44. The first-order valence-electron chi connectivity index (χ1n) is 9.76. The molecular formula is C20H28F2N4O. The number of amides is 1. The van der Waals surface area contributed by atoms with E-state index in [1.807, 2.05) is 0 Å². The summed E-state index contributed by atoms with van der Waals surface area (Å²) in [5, 5.41) is 9.64. The topological polar surface area (TPSA) is 65.5 Å². The first-order valence-corrected chi connectivity index (χ1v) is 9.76. The maximum Gasteiger partial charge on any atom is 0.223 e. The van der Waals surface area contributed by atoms with Gasteiger partial charge in [-0.1, -0.05) is 12.5 Å². The molecule has 0 bridgehead atoms. The van der Waals surface area contributed by atoms with Crippen LogP contribution in [0.4, 0.5) is 8.78 Å². The fraction of sp³-hybridized carbons (Fsp3) is 0.600. The zero-order chi connectivity index (χ0) is 19.2. The van der Waals surface area contributed by atoms with Gasteiger partial charge in [-0.3, -0.25) is 9.79 Å². The molecule has 3 N–H and O–H groups in total. The van der Waals surface area contributed by atoms with Crippen LogP contribution in [0.2, 0.25) is 0 Å². The largest absolute Gasteiger partial charge is 0.356 e. The number of guanidine groups is 1. The smallest absolute Gasteiger partial charge is 0.223 e. The van der Waals surface area contributed by atoms with Gasteiger partial charge >= 0.3 is 0 Å². The number of nitrogens with zero attached hydrogens (tertiary/aromatic N) is 1. The highest BCUT2D eigenvalue weighted by molar-refractivity contribution is 5.81. The van der Waals surface area contributed by atoms with Crippen molar-refractivity contribution in [3.63, 3.8) is 0 Å². The molecule has 1 amide bonds. The molecule has 2 saturated carbocycles. The SMILES string of the molecule is CN=C(NCCc1ccc(F)cc1F)NC1CCCC(C(=O)NC2CC2)C1. The van der Waals surface area contributed by atoms with Gasteiger partial charge in [0.2, 0.25) is 5.91 Å². The summed E-state index contributed by atoms with van der Waals surface area (Å²) in [6.45, 7) is 0.487. The Morgan fingerprint density at radius 1 is 1.15 bits per heavy atom. The lowest BCUT2D eigenvalue weighted by atomic mass is 9.85. The molecule has 2 aliphatic rings. The van der Waals surface area contributed by atoms with Crippen molar-refractivity contribution >= 4 is 11.9 Å². The normalized spacial score (nSPS) is 23.0. The van der Waals surface area contributed by atoms with Crippen molar-refractivity contribution in [1.82, 2.24) is 16.0 Å². The maximum absolute atomic E-state index is 13.7. The summed E-state index contributed by atoms with van der Waals surface area (Å²) in [7, 11) is 1.69. The molecule has 2 atom stereocenters. The molecule has 5 nitrogen and oxygen atoms in total. The molecular weight excluding hydrogens is 350 g/mol. The molecule has 3 rings (SSSR count). The highest BCUT2D eigenvalue weighted by atomic mass is 19.1. The molecule has 7 heteroatoms. The van der Waals surface area contributed by atoms with Crippen LogP contribution >= 0.6 is 0 Å². The van der Waals surface area contributed by atoms with Gasteiger partial charge in [-0.2, -0.15) is 0 Å². The summed E-state index contributed by atoms with van der Waals surface area (Å²) in [5.74, 6) is -0.219.